The van der Waals surface area contributed by atoms with Gasteiger partial charge >= 0.3 is 6.03 Å². The Balaban J connectivity index is 1.48. The number of rotatable bonds is 7. The van der Waals surface area contributed by atoms with Gasteiger partial charge in [0.25, 0.3) is 0 Å². The molecule has 0 radical (unpaired) electrons. The normalized spacial score (nSPS) is 9.90. The van der Waals surface area contributed by atoms with Crippen molar-refractivity contribution >= 4 is 22.6 Å². The Bertz CT molecular complexity index is 1100. The molecule has 1 aromatic heterocycles. The number of carbonyl (C=O) groups excluding carboxylic acids is 1. The number of nitrogens with zero attached hydrogens (tertiary/aromatic N) is 1. The summed E-state index contributed by atoms with van der Waals surface area (Å²) >= 11 is 0. The number of urea groups is 1. The molecule has 8 nitrogen and oxygen atoms in total. The summed E-state index contributed by atoms with van der Waals surface area (Å²) in [5.74, 6) is 7.72. The molecule has 3 aromatic rings. The minimum absolute atomic E-state index is 0.166. The van der Waals surface area contributed by atoms with Crippen LogP contribution in [-0.2, 0) is 0 Å². The van der Waals surface area contributed by atoms with Crippen molar-refractivity contribution in [3.8, 4) is 34.8 Å². The van der Waals surface area contributed by atoms with Crippen LogP contribution in [0.25, 0.3) is 10.9 Å². The van der Waals surface area contributed by atoms with Crippen molar-refractivity contribution in [2.24, 2.45) is 0 Å². The zero-order valence-corrected chi connectivity index (χ0v) is 17.5. The van der Waals surface area contributed by atoms with Crippen molar-refractivity contribution in [3.63, 3.8) is 0 Å². The summed E-state index contributed by atoms with van der Waals surface area (Å²) in [6.45, 7) is 0.368. The second-order valence-corrected chi connectivity index (χ2v) is 6.22. The number of carbonyl (C=O) groups is 1. The number of hydrogen-bond donors (Lipinski definition) is 2. The molecule has 0 bridgehead atoms. The molecule has 0 aliphatic heterocycles. The summed E-state index contributed by atoms with van der Waals surface area (Å²) in [4.78, 5) is 16.4. The van der Waals surface area contributed by atoms with Crippen LogP contribution in [0, 0.1) is 11.8 Å². The number of pyridine rings is 1. The van der Waals surface area contributed by atoms with E-state index in [0.29, 0.717) is 28.7 Å². The van der Waals surface area contributed by atoms with Gasteiger partial charge in [-0.2, -0.15) is 0 Å². The molecule has 0 saturated heterocycles. The first-order valence-electron chi connectivity index (χ1n) is 9.42. The van der Waals surface area contributed by atoms with E-state index in [1.807, 2.05) is 30.3 Å². The molecule has 0 spiro atoms. The monoisotopic (exact) mass is 421 g/mol. The fourth-order valence-corrected chi connectivity index (χ4v) is 2.82. The molecule has 0 unspecified atom stereocenters. The average molecular weight is 421 g/mol. The second-order valence-electron chi connectivity index (χ2n) is 6.22. The fraction of sp³-hybridized carbons (Fsp3) is 0.217. The van der Waals surface area contributed by atoms with Crippen molar-refractivity contribution < 1.29 is 23.7 Å². The highest BCUT2D eigenvalue weighted by Gasteiger charge is 2.14. The van der Waals surface area contributed by atoms with Crippen LogP contribution in [0.2, 0.25) is 0 Å². The highest BCUT2D eigenvalue weighted by atomic mass is 16.5. The zero-order valence-electron chi connectivity index (χ0n) is 17.5. The van der Waals surface area contributed by atoms with E-state index in [2.05, 4.69) is 27.5 Å². The number of benzene rings is 2. The lowest BCUT2D eigenvalue weighted by Gasteiger charge is -2.14. The van der Waals surface area contributed by atoms with Gasteiger partial charge in [-0.15, -0.1) is 0 Å². The largest absolute Gasteiger partial charge is 0.493 e. The average Bonchev–Trinajstić information content (AvgIpc) is 2.80. The lowest BCUT2D eigenvalue weighted by atomic mass is 10.2. The molecule has 2 amide bonds. The number of nitrogens with one attached hydrogen (secondary N) is 2. The van der Waals surface area contributed by atoms with Gasteiger partial charge in [-0.25, -0.2) is 4.79 Å². The van der Waals surface area contributed by atoms with E-state index in [9.17, 15) is 4.79 Å². The summed E-state index contributed by atoms with van der Waals surface area (Å²) in [6.07, 6.45) is 1.74. The number of methoxy groups -OCH3 is 3. The van der Waals surface area contributed by atoms with Crippen molar-refractivity contribution in [2.45, 2.75) is 0 Å². The van der Waals surface area contributed by atoms with Gasteiger partial charge in [0.15, 0.2) is 11.5 Å². The summed E-state index contributed by atoms with van der Waals surface area (Å²) in [5.41, 5.74) is 1.35. The van der Waals surface area contributed by atoms with Gasteiger partial charge in [-0.1, -0.05) is 17.9 Å². The first kappa shape index (κ1) is 21.6. The van der Waals surface area contributed by atoms with E-state index < -0.39 is 6.03 Å². The number of fused-ring (bicyclic) bond motifs is 1. The van der Waals surface area contributed by atoms with E-state index in [1.165, 1.54) is 21.3 Å². The maximum absolute atomic E-state index is 12.1. The highest BCUT2D eigenvalue weighted by molar-refractivity contribution is 5.90. The van der Waals surface area contributed by atoms with Gasteiger partial charge in [-0.05, 0) is 18.2 Å². The second kappa shape index (κ2) is 10.6. The fourth-order valence-electron chi connectivity index (χ4n) is 2.82. The lowest BCUT2D eigenvalue weighted by molar-refractivity contribution is 0.253. The maximum Gasteiger partial charge on any atom is 0.319 e. The van der Waals surface area contributed by atoms with E-state index in [-0.39, 0.29) is 13.2 Å². The Kier molecular flexibility index (Phi) is 7.38. The van der Waals surface area contributed by atoms with E-state index in [4.69, 9.17) is 18.9 Å². The third kappa shape index (κ3) is 5.70. The molecule has 160 valence electrons. The van der Waals surface area contributed by atoms with Gasteiger partial charge < -0.3 is 29.6 Å². The first-order valence-corrected chi connectivity index (χ1v) is 9.42. The number of aromatic nitrogens is 1. The van der Waals surface area contributed by atoms with Gasteiger partial charge in [0.2, 0.25) is 5.75 Å². The van der Waals surface area contributed by atoms with Crippen LogP contribution >= 0.6 is 0 Å². The van der Waals surface area contributed by atoms with Gasteiger partial charge in [0.1, 0.15) is 12.4 Å². The van der Waals surface area contributed by atoms with Gasteiger partial charge in [0.05, 0.1) is 39.1 Å². The number of amides is 2. The molecule has 31 heavy (non-hydrogen) atoms. The van der Waals surface area contributed by atoms with Crippen LogP contribution < -0.4 is 29.6 Å². The van der Waals surface area contributed by atoms with Crippen LogP contribution in [0.1, 0.15) is 0 Å². The van der Waals surface area contributed by atoms with Crippen molar-refractivity contribution in [2.75, 3.05) is 39.8 Å². The molecule has 3 rings (SSSR count). The minimum atomic E-state index is -0.412. The molecule has 0 atom stereocenters. The highest BCUT2D eigenvalue weighted by Crippen LogP contribution is 2.39. The molecular formula is C23H23N3O5. The van der Waals surface area contributed by atoms with E-state index in [1.54, 1.807) is 18.3 Å². The smallest absolute Gasteiger partial charge is 0.319 e. The molecule has 0 fully saturated rings. The van der Waals surface area contributed by atoms with Gasteiger partial charge in [-0.3, -0.25) is 4.98 Å². The summed E-state index contributed by atoms with van der Waals surface area (Å²) in [6, 6.07) is 12.4. The quantitative estimate of drug-likeness (QED) is 0.568. The molecule has 8 heteroatoms. The third-order valence-electron chi connectivity index (χ3n) is 4.27. The minimum Gasteiger partial charge on any atom is -0.493 e. The predicted octanol–water partition coefficient (Wildman–Crippen LogP) is 3.46. The van der Waals surface area contributed by atoms with Crippen LogP contribution in [0.3, 0.4) is 0 Å². The lowest BCUT2D eigenvalue weighted by Crippen LogP contribution is -2.29. The Morgan fingerprint density at radius 3 is 2.48 bits per heavy atom. The third-order valence-corrected chi connectivity index (χ3v) is 4.27. The molecular weight excluding hydrogens is 398 g/mol. The maximum atomic E-state index is 12.1. The van der Waals surface area contributed by atoms with E-state index in [0.717, 1.165) is 10.9 Å². The SMILES string of the molecule is COc1cc(NC(=O)NCC#CCOc2ccc3cccnc3c2)cc(OC)c1OC. The Labute approximate surface area is 180 Å². The predicted molar refractivity (Wildman–Crippen MR) is 118 cm³/mol. The summed E-state index contributed by atoms with van der Waals surface area (Å²) < 4.78 is 21.4. The molecule has 2 aromatic carbocycles. The Hall–Kier alpha value is -4.12. The van der Waals surface area contributed by atoms with Crippen molar-refractivity contribution in [1.29, 1.82) is 0 Å². The van der Waals surface area contributed by atoms with Crippen LogP contribution in [-0.4, -0.2) is 45.5 Å². The molecule has 1 heterocycles. The molecule has 0 aliphatic carbocycles. The van der Waals surface area contributed by atoms with Crippen molar-refractivity contribution in [3.05, 3.63) is 48.7 Å². The Morgan fingerprint density at radius 1 is 1.00 bits per heavy atom. The van der Waals surface area contributed by atoms with Crippen molar-refractivity contribution in [1.82, 2.24) is 10.3 Å². The summed E-state index contributed by atoms with van der Waals surface area (Å²) in [5, 5.41) is 6.40. The molecule has 2 N–H and O–H groups in total. The standard InChI is InChI=1S/C23H23N3O5/c1-28-20-13-17(14-21(29-2)22(20)30-3)26-23(27)25-10-4-5-12-31-18-9-8-16-7-6-11-24-19(16)15-18/h6-9,11,13-15H,10,12H2,1-3H3,(H2,25,26,27). The summed E-state index contributed by atoms with van der Waals surface area (Å²) in [7, 11) is 4.53. The van der Waals surface area contributed by atoms with Crippen LogP contribution in [0.4, 0.5) is 10.5 Å². The zero-order chi connectivity index (χ0) is 22.1. The topological polar surface area (TPSA) is 90.9 Å². The van der Waals surface area contributed by atoms with Crippen LogP contribution in [0.15, 0.2) is 48.7 Å². The van der Waals surface area contributed by atoms with Crippen LogP contribution in [0.5, 0.6) is 23.0 Å². The molecule has 0 aliphatic rings. The Morgan fingerprint density at radius 2 is 1.77 bits per heavy atom. The number of ether oxygens (including phenoxy) is 4. The number of hydrogen-bond acceptors (Lipinski definition) is 6. The van der Waals surface area contributed by atoms with Gasteiger partial charge in [0, 0.05) is 29.8 Å². The first-order chi connectivity index (χ1) is 15.1. The van der Waals surface area contributed by atoms with E-state index >= 15 is 0 Å². The molecule has 0 saturated carbocycles. The number of anilines is 1.